The molecule has 13 nitrogen and oxygen atoms in total. The number of benzene rings is 2. The van der Waals surface area contributed by atoms with Crippen molar-refractivity contribution in [3.8, 4) is 23.1 Å². The van der Waals surface area contributed by atoms with Crippen LogP contribution in [0.2, 0.25) is 0 Å². The van der Waals surface area contributed by atoms with Crippen LogP contribution in [0.15, 0.2) is 53.3 Å². The molecule has 3 heterocycles. The second-order valence-electron chi connectivity index (χ2n) is 12.7. The van der Waals surface area contributed by atoms with Gasteiger partial charge in [0.1, 0.15) is 29.5 Å². The maximum absolute atomic E-state index is 12.6. The third-order valence-electron chi connectivity index (χ3n) is 6.77. The monoisotopic (exact) mass is 618 g/mol. The predicted molar refractivity (Wildman–Crippen MR) is 167 cm³/mol. The number of nitrogens with one attached hydrogen (secondary N) is 2. The number of hydrogen-bond donors (Lipinski definition) is 2. The minimum absolute atomic E-state index is 0.238. The standard InChI is InChI=1S/C32H38N6O7/c1-31(2,3)26-16-27(37-45-26)36-29(39)35-19-9-8-10-20(13-19)43-28-22-14-25(24(41-7)15-23(22)33-18-34-28)42-21-11-12-38(17-21)30(40)44-32(4,5)6/h8-10,13-16,18,21H,11-12,17H2,1-7H3,(H2,35,36,37,39). The molecule has 5 rings (SSSR count). The summed E-state index contributed by atoms with van der Waals surface area (Å²) in [6, 6.07) is 11.6. The van der Waals surface area contributed by atoms with Gasteiger partial charge in [-0.3, -0.25) is 5.32 Å². The highest BCUT2D eigenvalue weighted by atomic mass is 16.6. The number of methoxy groups -OCH3 is 1. The summed E-state index contributed by atoms with van der Waals surface area (Å²) in [5.74, 6) is 2.64. The summed E-state index contributed by atoms with van der Waals surface area (Å²) in [4.78, 5) is 35.5. The van der Waals surface area contributed by atoms with Gasteiger partial charge in [0.2, 0.25) is 5.88 Å². The molecule has 0 saturated carbocycles. The van der Waals surface area contributed by atoms with Crippen LogP contribution in [0, 0.1) is 0 Å². The second kappa shape index (κ2) is 12.5. The molecule has 1 atom stereocenters. The van der Waals surface area contributed by atoms with Gasteiger partial charge < -0.3 is 33.7 Å². The van der Waals surface area contributed by atoms with Gasteiger partial charge in [-0.15, -0.1) is 0 Å². The molecule has 0 spiro atoms. The van der Waals surface area contributed by atoms with Gasteiger partial charge in [0.15, 0.2) is 17.3 Å². The van der Waals surface area contributed by atoms with Crippen molar-refractivity contribution in [2.24, 2.45) is 0 Å². The van der Waals surface area contributed by atoms with E-state index in [1.807, 2.05) is 41.5 Å². The van der Waals surface area contributed by atoms with Gasteiger partial charge in [0.05, 0.1) is 24.6 Å². The van der Waals surface area contributed by atoms with Crippen molar-refractivity contribution in [2.75, 3.05) is 30.8 Å². The van der Waals surface area contributed by atoms with Crippen molar-refractivity contribution in [1.82, 2.24) is 20.0 Å². The molecule has 3 amide bonds. The molecule has 13 heteroatoms. The maximum atomic E-state index is 12.6. The first-order valence-electron chi connectivity index (χ1n) is 14.6. The van der Waals surface area contributed by atoms with Gasteiger partial charge >= 0.3 is 12.1 Å². The number of carbonyl (C=O) groups is 2. The number of fused-ring (bicyclic) bond motifs is 1. The van der Waals surface area contributed by atoms with E-state index in [-0.39, 0.29) is 23.5 Å². The number of nitrogens with zero attached hydrogens (tertiary/aromatic N) is 4. The summed E-state index contributed by atoms with van der Waals surface area (Å²) in [6.45, 7) is 12.4. The van der Waals surface area contributed by atoms with Gasteiger partial charge in [0, 0.05) is 42.3 Å². The number of likely N-dealkylation sites (tertiary alicyclic amines) is 1. The zero-order valence-corrected chi connectivity index (χ0v) is 26.5. The van der Waals surface area contributed by atoms with Crippen LogP contribution in [-0.4, -0.2) is 64.1 Å². The van der Waals surface area contributed by atoms with Gasteiger partial charge in [-0.25, -0.2) is 19.6 Å². The first kappa shape index (κ1) is 31.4. The van der Waals surface area contributed by atoms with Crippen molar-refractivity contribution in [3.05, 3.63) is 54.6 Å². The molecule has 0 radical (unpaired) electrons. The number of urea groups is 1. The molecular weight excluding hydrogens is 580 g/mol. The van der Waals surface area contributed by atoms with E-state index >= 15 is 0 Å². The van der Waals surface area contributed by atoms with Crippen LogP contribution in [-0.2, 0) is 10.2 Å². The van der Waals surface area contributed by atoms with E-state index in [1.165, 1.54) is 6.33 Å². The Bertz CT molecular complexity index is 1690. The molecule has 0 aliphatic carbocycles. The van der Waals surface area contributed by atoms with Crippen LogP contribution in [0.3, 0.4) is 0 Å². The Morgan fingerprint density at radius 3 is 2.51 bits per heavy atom. The summed E-state index contributed by atoms with van der Waals surface area (Å²) in [7, 11) is 1.55. The molecule has 2 N–H and O–H groups in total. The Hall–Kier alpha value is -5.07. The van der Waals surface area contributed by atoms with Crippen LogP contribution in [0.4, 0.5) is 21.1 Å². The summed E-state index contributed by atoms with van der Waals surface area (Å²) >= 11 is 0. The van der Waals surface area contributed by atoms with E-state index in [4.69, 9.17) is 23.5 Å². The molecule has 1 saturated heterocycles. The number of rotatable bonds is 7. The van der Waals surface area contributed by atoms with Crippen molar-refractivity contribution in [3.63, 3.8) is 0 Å². The lowest BCUT2D eigenvalue weighted by Gasteiger charge is -2.24. The maximum Gasteiger partial charge on any atom is 0.410 e. The first-order valence-corrected chi connectivity index (χ1v) is 14.6. The van der Waals surface area contributed by atoms with Gasteiger partial charge in [-0.2, -0.15) is 0 Å². The van der Waals surface area contributed by atoms with E-state index in [0.717, 1.165) is 0 Å². The third-order valence-corrected chi connectivity index (χ3v) is 6.77. The fourth-order valence-electron chi connectivity index (χ4n) is 4.58. The van der Waals surface area contributed by atoms with E-state index in [0.29, 0.717) is 64.9 Å². The Kier molecular flexibility index (Phi) is 8.71. The zero-order chi connectivity index (χ0) is 32.4. The van der Waals surface area contributed by atoms with Crippen molar-refractivity contribution >= 4 is 34.5 Å². The Labute approximate surface area is 261 Å². The molecular formula is C32H38N6O7. The van der Waals surface area contributed by atoms with E-state index < -0.39 is 11.6 Å². The molecule has 4 aromatic rings. The highest BCUT2D eigenvalue weighted by Crippen LogP contribution is 2.37. The molecule has 2 aromatic carbocycles. The lowest BCUT2D eigenvalue weighted by molar-refractivity contribution is 0.0275. The van der Waals surface area contributed by atoms with Gasteiger partial charge in [-0.05, 0) is 39.0 Å². The predicted octanol–water partition coefficient (Wildman–Crippen LogP) is 6.75. The van der Waals surface area contributed by atoms with Crippen LogP contribution in [0.1, 0.15) is 53.7 Å². The zero-order valence-electron chi connectivity index (χ0n) is 26.5. The van der Waals surface area contributed by atoms with Crippen molar-refractivity contribution < 1.29 is 33.1 Å². The van der Waals surface area contributed by atoms with Crippen molar-refractivity contribution in [1.29, 1.82) is 0 Å². The highest BCUT2D eigenvalue weighted by molar-refractivity contribution is 5.99. The summed E-state index contributed by atoms with van der Waals surface area (Å²) in [5.41, 5.74) is 0.258. The largest absolute Gasteiger partial charge is 0.493 e. The Morgan fingerprint density at radius 2 is 1.80 bits per heavy atom. The number of ether oxygens (including phenoxy) is 4. The SMILES string of the molecule is COc1cc2ncnc(Oc3cccc(NC(=O)Nc4cc(C(C)(C)C)on4)c3)c2cc1OC1CCN(C(=O)OC(C)(C)C)C1. The highest BCUT2D eigenvalue weighted by Gasteiger charge is 2.31. The molecule has 238 valence electrons. The second-order valence-corrected chi connectivity index (χ2v) is 12.7. The van der Waals surface area contributed by atoms with Crippen LogP contribution >= 0.6 is 0 Å². The minimum atomic E-state index is -0.579. The number of hydrogen-bond acceptors (Lipinski definition) is 10. The first-order chi connectivity index (χ1) is 21.3. The number of carbonyl (C=O) groups excluding carboxylic acids is 2. The molecule has 1 fully saturated rings. The molecule has 1 unspecified atom stereocenters. The fraction of sp³-hybridized carbons (Fsp3) is 0.406. The fourth-order valence-corrected chi connectivity index (χ4v) is 4.58. The number of anilines is 2. The third kappa shape index (κ3) is 7.91. The minimum Gasteiger partial charge on any atom is -0.493 e. The topological polar surface area (TPSA) is 150 Å². The van der Waals surface area contributed by atoms with Crippen molar-refractivity contribution in [2.45, 2.75) is 65.1 Å². The Morgan fingerprint density at radius 1 is 1.00 bits per heavy atom. The van der Waals surface area contributed by atoms with Gasteiger partial charge in [-0.1, -0.05) is 32.0 Å². The van der Waals surface area contributed by atoms with Gasteiger partial charge in [0.25, 0.3) is 0 Å². The lowest BCUT2D eigenvalue weighted by Crippen LogP contribution is -2.36. The molecule has 1 aliphatic heterocycles. The summed E-state index contributed by atoms with van der Waals surface area (Å²) in [6.07, 6.45) is 1.40. The molecule has 1 aliphatic rings. The summed E-state index contributed by atoms with van der Waals surface area (Å²) < 4.78 is 28.9. The van der Waals surface area contributed by atoms with Crippen LogP contribution < -0.4 is 24.8 Å². The average molecular weight is 619 g/mol. The molecule has 45 heavy (non-hydrogen) atoms. The average Bonchev–Trinajstić information content (AvgIpc) is 3.62. The number of amides is 3. The smallest absolute Gasteiger partial charge is 0.410 e. The number of aromatic nitrogens is 3. The normalized spacial score (nSPS) is 15.1. The quantitative estimate of drug-likeness (QED) is 0.228. The summed E-state index contributed by atoms with van der Waals surface area (Å²) in [5, 5.41) is 9.95. The molecule has 2 aromatic heterocycles. The molecule has 0 bridgehead atoms. The lowest BCUT2D eigenvalue weighted by atomic mass is 9.93. The van der Waals surface area contributed by atoms with E-state index in [1.54, 1.807) is 54.5 Å². The Balaban J connectivity index is 1.29. The van der Waals surface area contributed by atoms with Crippen LogP contribution in [0.25, 0.3) is 10.9 Å². The van der Waals surface area contributed by atoms with E-state index in [9.17, 15) is 9.59 Å². The van der Waals surface area contributed by atoms with E-state index in [2.05, 4.69) is 25.8 Å². The van der Waals surface area contributed by atoms with Crippen LogP contribution in [0.5, 0.6) is 23.1 Å².